The third kappa shape index (κ3) is 6.32. The van der Waals surface area contributed by atoms with Crippen LogP contribution in [0.2, 0.25) is 5.02 Å². The summed E-state index contributed by atoms with van der Waals surface area (Å²) >= 11 is 5.99. The highest BCUT2D eigenvalue weighted by Crippen LogP contribution is 2.30. The second-order valence-corrected chi connectivity index (χ2v) is 8.29. The van der Waals surface area contributed by atoms with Gasteiger partial charge >= 0.3 is 0 Å². The monoisotopic (exact) mass is 425 g/mol. The molecule has 0 spiro atoms. The molecule has 0 unspecified atom stereocenters. The lowest BCUT2D eigenvalue weighted by Gasteiger charge is -2.21. The minimum Gasteiger partial charge on any atom is -0.491 e. The second kappa shape index (κ2) is 10.6. The largest absolute Gasteiger partial charge is 0.491 e. The molecule has 158 valence electrons. The van der Waals surface area contributed by atoms with Crippen LogP contribution in [0.4, 0.5) is 4.39 Å². The van der Waals surface area contributed by atoms with E-state index in [1.165, 1.54) is 23.3 Å². The summed E-state index contributed by atoms with van der Waals surface area (Å²) in [7, 11) is 0. The summed E-state index contributed by atoms with van der Waals surface area (Å²) in [6, 6.07) is 23.2. The van der Waals surface area contributed by atoms with Crippen molar-refractivity contribution in [2.45, 2.75) is 45.3 Å². The van der Waals surface area contributed by atoms with Crippen LogP contribution in [0.1, 0.15) is 55.8 Å². The van der Waals surface area contributed by atoms with Crippen molar-refractivity contribution in [3.8, 4) is 5.75 Å². The maximum atomic E-state index is 13.5. The first kappa shape index (κ1) is 22.3. The van der Waals surface area contributed by atoms with Crippen LogP contribution in [0.15, 0.2) is 72.8 Å². The Hall–Kier alpha value is -2.36. The van der Waals surface area contributed by atoms with Gasteiger partial charge in [0.05, 0.1) is 6.10 Å². The van der Waals surface area contributed by atoms with Gasteiger partial charge in [-0.25, -0.2) is 4.39 Å². The Bertz CT molecular complexity index is 907. The molecule has 0 heterocycles. The van der Waals surface area contributed by atoms with Crippen molar-refractivity contribution in [2.24, 2.45) is 0 Å². The highest BCUT2D eigenvalue weighted by atomic mass is 35.5. The molecule has 3 rings (SSSR count). The van der Waals surface area contributed by atoms with E-state index in [9.17, 15) is 4.39 Å². The van der Waals surface area contributed by atoms with Crippen LogP contribution >= 0.6 is 11.6 Å². The van der Waals surface area contributed by atoms with Crippen molar-refractivity contribution in [3.63, 3.8) is 0 Å². The van der Waals surface area contributed by atoms with Crippen LogP contribution in [-0.4, -0.2) is 12.6 Å². The van der Waals surface area contributed by atoms with E-state index in [4.69, 9.17) is 16.3 Å². The maximum Gasteiger partial charge on any atom is 0.123 e. The molecule has 2 nitrogen and oxygen atoms in total. The number of benzene rings is 3. The lowest BCUT2D eigenvalue weighted by atomic mass is 9.88. The molecule has 3 aromatic carbocycles. The van der Waals surface area contributed by atoms with Gasteiger partial charge in [-0.1, -0.05) is 48.0 Å². The molecule has 0 fully saturated rings. The van der Waals surface area contributed by atoms with E-state index >= 15 is 0 Å². The highest BCUT2D eigenvalue weighted by molar-refractivity contribution is 6.30. The Kier molecular flexibility index (Phi) is 7.89. The Morgan fingerprint density at radius 3 is 1.90 bits per heavy atom. The molecule has 0 aliphatic heterocycles. The first-order valence-electron chi connectivity index (χ1n) is 10.4. The molecule has 0 aliphatic carbocycles. The van der Waals surface area contributed by atoms with Crippen molar-refractivity contribution in [3.05, 3.63) is 100 Å². The van der Waals surface area contributed by atoms with Gasteiger partial charge in [-0.05, 0) is 86.8 Å². The van der Waals surface area contributed by atoms with Crippen LogP contribution in [0, 0.1) is 5.82 Å². The quantitative estimate of drug-likeness (QED) is 0.393. The molecule has 0 radical (unpaired) electrons. The number of nitrogens with one attached hydrogen (secondary N) is 1. The van der Waals surface area contributed by atoms with Crippen molar-refractivity contribution in [2.75, 3.05) is 6.54 Å². The maximum absolute atomic E-state index is 13.5. The molecule has 1 N–H and O–H groups in total. The summed E-state index contributed by atoms with van der Waals surface area (Å²) in [4.78, 5) is 0. The van der Waals surface area contributed by atoms with Crippen LogP contribution in [0.3, 0.4) is 0 Å². The van der Waals surface area contributed by atoms with Gasteiger partial charge in [0.1, 0.15) is 11.6 Å². The number of rotatable bonds is 9. The smallest absolute Gasteiger partial charge is 0.123 e. The lowest BCUT2D eigenvalue weighted by Crippen LogP contribution is -2.21. The molecule has 0 amide bonds. The summed E-state index contributed by atoms with van der Waals surface area (Å²) in [5, 5.41) is 4.34. The minimum atomic E-state index is -0.215. The third-order valence-corrected chi connectivity index (χ3v) is 5.43. The fourth-order valence-corrected chi connectivity index (χ4v) is 3.71. The van der Waals surface area contributed by atoms with Crippen molar-refractivity contribution in [1.82, 2.24) is 5.32 Å². The summed E-state index contributed by atoms with van der Waals surface area (Å²) in [6.45, 7) is 7.01. The number of halogens is 2. The molecule has 30 heavy (non-hydrogen) atoms. The first-order valence-corrected chi connectivity index (χ1v) is 10.8. The zero-order valence-electron chi connectivity index (χ0n) is 17.7. The van der Waals surface area contributed by atoms with Gasteiger partial charge in [0.15, 0.2) is 0 Å². The van der Waals surface area contributed by atoms with Crippen LogP contribution < -0.4 is 10.1 Å². The highest BCUT2D eigenvalue weighted by Gasteiger charge is 2.16. The topological polar surface area (TPSA) is 21.3 Å². The molecule has 0 saturated heterocycles. The molecule has 2 atom stereocenters. The predicted octanol–water partition coefficient (Wildman–Crippen LogP) is 7.14. The van der Waals surface area contributed by atoms with Gasteiger partial charge in [0, 0.05) is 17.0 Å². The van der Waals surface area contributed by atoms with E-state index in [2.05, 4.69) is 24.4 Å². The average Bonchev–Trinajstić information content (AvgIpc) is 2.73. The lowest BCUT2D eigenvalue weighted by molar-refractivity contribution is 0.242. The average molecular weight is 426 g/mol. The summed E-state index contributed by atoms with van der Waals surface area (Å²) in [6.07, 6.45) is 1.04. The normalized spacial score (nSPS) is 13.3. The van der Waals surface area contributed by atoms with Gasteiger partial charge in [-0.2, -0.15) is 0 Å². The number of ether oxygens (including phenoxy) is 1. The molecule has 0 aromatic heterocycles. The van der Waals surface area contributed by atoms with Crippen molar-refractivity contribution < 1.29 is 9.13 Å². The Morgan fingerprint density at radius 1 is 0.800 bits per heavy atom. The molecule has 3 aromatic rings. The van der Waals surface area contributed by atoms with E-state index in [0.717, 1.165) is 29.3 Å². The minimum absolute atomic E-state index is 0.141. The molecular weight excluding hydrogens is 397 g/mol. The van der Waals surface area contributed by atoms with E-state index < -0.39 is 0 Å². The molecule has 0 saturated carbocycles. The van der Waals surface area contributed by atoms with E-state index in [1.807, 2.05) is 62.4 Å². The molecule has 0 bridgehead atoms. The predicted molar refractivity (Wildman–Crippen MR) is 123 cm³/mol. The summed E-state index contributed by atoms with van der Waals surface area (Å²) in [5.41, 5.74) is 3.50. The third-order valence-electron chi connectivity index (χ3n) is 5.18. The fourth-order valence-electron chi connectivity index (χ4n) is 3.59. The van der Waals surface area contributed by atoms with Gasteiger partial charge < -0.3 is 10.1 Å². The second-order valence-electron chi connectivity index (χ2n) is 7.86. The summed E-state index contributed by atoms with van der Waals surface area (Å²) in [5.74, 6) is 0.817. The van der Waals surface area contributed by atoms with Crippen molar-refractivity contribution >= 4 is 11.6 Å². The Morgan fingerprint density at radius 2 is 1.33 bits per heavy atom. The van der Waals surface area contributed by atoms with Crippen LogP contribution in [0.5, 0.6) is 5.75 Å². The fraction of sp³-hybridized carbons (Fsp3) is 0.308. The number of hydrogen-bond acceptors (Lipinski definition) is 2. The van der Waals surface area contributed by atoms with E-state index in [1.54, 1.807) is 0 Å². The number of hydrogen-bond donors (Lipinski definition) is 1. The zero-order chi connectivity index (χ0) is 21.5. The van der Waals surface area contributed by atoms with Gasteiger partial charge in [0.2, 0.25) is 0 Å². The zero-order valence-corrected chi connectivity index (χ0v) is 18.5. The van der Waals surface area contributed by atoms with Crippen molar-refractivity contribution in [1.29, 1.82) is 0 Å². The van der Waals surface area contributed by atoms with Gasteiger partial charge in [0.25, 0.3) is 0 Å². The standard InChI is InChI=1S/C26H29ClFNO/c1-18(2)30-25-14-8-22(9-15-25)26(21-6-12-24(28)13-7-21)16-17-29-19(3)20-4-10-23(27)11-5-20/h4-15,18-19,26,29H,16-17H2,1-3H3/t19-,26+/m0/s1. The van der Waals surface area contributed by atoms with Crippen LogP contribution in [0.25, 0.3) is 0 Å². The summed E-state index contributed by atoms with van der Waals surface area (Å²) < 4.78 is 19.2. The van der Waals surface area contributed by atoms with Gasteiger partial charge in [-0.15, -0.1) is 0 Å². The van der Waals surface area contributed by atoms with E-state index in [-0.39, 0.29) is 23.9 Å². The Balaban J connectivity index is 1.71. The molecular formula is C26H29ClFNO. The SMILES string of the molecule is CC(C)Oc1ccc([C@H](CCN[C@@H](C)c2ccc(Cl)cc2)c2ccc(F)cc2)cc1. The molecule has 0 aliphatic rings. The first-order chi connectivity index (χ1) is 14.4. The van der Waals surface area contributed by atoms with Crippen LogP contribution in [-0.2, 0) is 0 Å². The molecule has 4 heteroatoms. The van der Waals surface area contributed by atoms with E-state index in [0.29, 0.717) is 0 Å². The van der Waals surface area contributed by atoms with Gasteiger partial charge in [-0.3, -0.25) is 0 Å². The Labute approximate surface area is 184 Å².